The van der Waals surface area contributed by atoms with Crippen LogP contribution in [0.4, 0.5) is 4.48 Å². The van der Waals surface area contributed by atoms with Crippen molar-refractivity contribution in [1.29, 1.82) is 0 Å². The first kappa shape index (κ1) is 8.21. The van der Waals surface area contributed by atoms with Crippen molar-refractivity contribution < 1.29 is 4.48 Å². The Morgan fingerprint density at radius 2 is 1.91 bits per heavy atom. The molecule has 0 spiro atoms. The van der Waals surface area contributed by atoms with Crippen molar-refractivity contribution in [2.75, 3.05) is 0 Å². The van der Waals surface area contributed by atoms with Crippen LogP contribution in [0.1, 0.15) is 12.5 Å². The topological polar surface area (TPSA) is 12.4 Å². The quantitative estimate of drug-likeness (QED) is 0.576. The molecule has 0 fully saturated rings. The Hall–Kier alpha value is -0.890. The highest BCUT2D eigenvalue weighted by Crippen LogP contribution is 2.10. The first-order valence-electron chi connectivity index (χ1n) is 3.15. The molecule has 0 unspecified atom stereocenters. The molecule has 1 rings (SSSR count). The van der Waals surface area contributed by atoms with Gasteiger partial charge in [0.25, 0.3) is 0 Å². The molecule has 58 valence electrons. The van der Waals surface area contributed by atoms with Crippen LogP contribution in [0.5, 0.6) is 0 Å². The summed E-state index contributed by atoms with van der Waals surface area (Å²) in [5.41, 5.74) is 1.11. The van der Waals surface area contributed by atoms with E-state index in [4.69, 9.17) is 11.6 Å². The maximum Gasteiger partial charge on any atom is 0.0775 e. The Bertz CT molecular complexity index is 266. The third kappa shape index (κ3) is 2.02. The van der Waals surface area contributed by atoms with Gasteiger partial charge < -0.3 is 0 Å². The molecule has 0 N–H and O–H groups in total. The third-order valence-electron chi connectivity index (χ3n) is 1.39. The van der Waals surface area contributed by atoms with Gasteiger partial charge in [0.1, 0.15) is 0 Å². The van der Waals surface area contributed by atoms with E-state index in [0.717, 1.165) is 5.56 Å². The van der Waals surface area contributed by atoms with Gasteiger partial charge in [-0.05, 0) is 24.6 Å². The van der Waals surface area contributed by atoms with Crippen LogP contribution in [-0.4, -0.2) is 5.71 Å². The summed E-state index contributed by atoms with van der Waals surface area (Å²) in [6.45, 7) is 1.60. The van der Waals surface area contributed by atoms with Crippen molar-refractivity contribution in [3.63, 3.8) is 0 Å². The summed E-state index contributed by atoms with van der Waals surface area (Å²) in [5, 5.41) is 3.20. The molecule has 0 amide bonds. The van der Waals surface area contributed by atoms with Crippen LogP contribution in [-0.2, 0) is 0 Å². The Morgan fingerprint density at radius 1 is 1.36 bits per heavy atom. The van der Waals surface area contributed by atoms with Crippen LogP contribution in [0.2, 0.25) is 5.02 Å². The third-order valence-corrected chi connectivity index (χ3v) is 1.64. The summed E-state index contributed by atoms with van der Waals surface area (Å²) in [7, 11) is 0. The monoisotopic (exact) mass is 171 g/mol. The fourth-order valence-corrected chi connectivity index (χ4v) is 0.866. The fraction of sp³-hybridized carbons (Fsp3) is 0.125. The highest BCUT2D eigenvalue weighted by molar-refractivity contribution is 6.30. The zero-order valence-electron chi connectivity index (χ0n) is 6.01. The van der Waals surface area contributed by atoms with Gasteiger partial charge in [0.15, 0.2) is 0 Å². The summed E-state index contributed by atoms with van der Waals surface area (Å²) < 4.78 is 11.7. The molecule has 3 heteroatoms. The lowest BCUT2D eigenvalue weighted by Gasteiger charge is -1.95. The summed E-state index contributed by atoms with van der Waals surface area (Å²) in [5.74, 6) is 0. The second kappa shape index (κ2) is 3.49. The maximum atomic E-state index is 11.7. The average Bonchev–Trinajstić information content (AvgIpc) is 2.05. The lowest BCUT2D eigenvalue weighted by molar-refractivity contribution is 0.537. The lowest BCUT2D eigenvalue weighted by atomic mass is 10.1. The van der Waals surface area contributed by atoms with Crippen LogP contribution in [0.3, 0.4) is 0 Å². The van der Waals surface area contributed by atoms with E-state index >= 15 is 0 Å². The number of nitrogens with zero attached hydrogens (tertiary/aromatic N) is 1. The molecule has 0 aliphatic carbocycles. The predicted octanol–water partition coefficient (Wildman–Crippen LogP) is 3.03. The molecule has 1 nitrogen and oxygen atoms in total. The van der Waals surface area contributed by atoms with Gasteiger partial charge in [-0.25, -0.2) is 0 Å². The second-order valence-electron chi connectivity index (χ2n) is 2.18. The normalized spacial score (nSPS) is 11.7. The van der Waals surface area contributed by atoms with Gasteiger partial charge in [-0.2, -0.15) is 0 Å². The van der Waals surface area contributed by atoms with Crippen molar-refractivity contribution in [1.82, 2.24) is 0 Å². The van der Waals surface area contributed by atoms with E-state index in [2.05, 4.69) is 5.21 Å². The number of rotatable bonds is 1. The smallest absolute Gasteiger partial charge is 0.0775 e. The molecule has 0 saturated carbocycles. The molecule has 0 atom stereocenters. The average molecular weight is 172 g/mol. The van der Waals surface area contributed by atoms with Gasteiger partial charge >= 0.3 is 0 Å². The molecule has 0 radical (unpaired) electrons. The number of benzene rings is 1. The molecular formula is C8H7ClFN. The Kier molecular flexibility index (Phi) is 2.60. The Labute approximate surface area is 69.5 Å². The summed E-state index contributed by atoms with van der Waals surface area (Å²) in [4.78, 5) is 0. The van der Waals surface area contributed by atoms with Crippen molar-refractivity contribution in [2.45, 2.75) is 6.92 Å². The Balaban J connectivity index is 2.99. The van der Waals surface area contributed by atoms with Crippen molar-refractivity contribution >= 4 is 17.3 Å². The number of hydrogen-bond acceptors (Lipinski definition) is 1. The largest absolute Gasteiger partial charge is 0.0918 e. The van der Waals surface area contributed by atoms with Gasteiger partial charge in [-0.1, -0.05) is 33.4 Å². The summed E-state index contributed by atoms with van der Waals surface area (Å²) in [6.07, 6.45) is 0. The van der Waals surface area contributed by atoms with Gasteiger partial charge in [0.05, 0.1) is 5.71 Å². The van der Waals surface area contributed by atoms with E-state index in [1.54, 1.807) is 31.2 Å². The molecule has 1 aromatic carbocycles. The van der Waals surface area contributed by atoms with Crippen molar-refractivity contribution in [3.05, 3.63) is 34.9 Å². The highest BCUT2D eigenvalue weighted by atomic mass is 35.5. The van der Waals surface area contributed by atoms with Gasteiger partial charge in [-0.3, -0.25) is 0 Å². The van der Waals surface area contributed by atoms with E-state index in [9.17, 15) is 4.48 Å². The molecule has 11 heavy (non-hydrogen) atoms. The van der Waals surface area contributed by atoms with Crippen LogP contribution in [0.25, 0.3) is 0 Å². The van der Waals surface area contributed by atoms with E-state index in [0.29, 0.717) is 10.7 Å². The molecule has 0 saturated heterocycles. The SMILES string of the molecule is C/C(=N\F)c1ccc(Cl)cc1. The van der Waals surface area contributed by atoms with Crippen LogP contribution in [0, 0.1) is 0 Å². The van der Waals surface area contributed by atoms with Gasteiger partial charge in [0.2, 0.25) is 0 Å². The minimum Gasteiger partial charge on any atom is -0.0918 e. The Morgan fingerprint density at radius 3 is 2.36 bits per heavy atom. The molecule has 0 aliphatic heterocycles. The van der Waals surface area contributed by atoms with Gasteiger partial charge in [0, 0.05) is 5.02 Å². The number of hydrogen-bond donors (Lipinski definition) is 0. The minimum absolute atomic E-state index is 0.363. The van der Waals surface area contributed by atoms with Crippen molar-refractivity contribution in [3.8, 4) is 0 Å². The second-order valence-corrected chi connectivity index (χ2v) is 2.61. The van der Waals surface area contributed by atoms with E-state index in [-0.39, 0.29) is 0 Å². The number of halogens is 2. The zero-order chi connectivity index (χ0) is 8.27. The zero-order valence-corrected chi connectivity index (χ0v) is 6.77. The molecule has 1 aromatic rings. The van der Waals surface area contributed by atoms with E-state index in [1.165, 1.54) is 0 Å². The fourth-order valence-electron chi connectivity index (χ4n) is 0.740. The molecular weight excluding hydrogens is 165 g/mol. The van der Waals surface area contributed by atoms with E-state index < -0.39 is 0 Å². The van der Waals surface area contributed by atoms with Crippen LogP contribution < -0.4 is 0 Å². The lowest BCUT2D eigenvalue weighted by Crippen LogP contribution is -1.91. The first-order valence-corrected chi connectivity index (χ1v) is 3.53. The standard InChI is InChI=1S/C8H7ClFN/c1-6(11-10)7-2-4-8(9)5-3-7/h2-5H,1H3/b11-6+. The summed E-state index contributed by atoms with van der Waals surface area (Å²) in [6, 6.07) is 6.85. The maximum absolute atomic E-state index is 11.7. The first-order chi connectivity index (χ1) is 5.24. The molecule has 0 bridgehead atoms. The minimum atomic E-state index is 0.363. The summed E-state index contributed by atoms with van der Waals surface area (Å²) >= 11 is 5.63. The van der Waals surface area contributed by atoms with Crippen molar-refractivity contribution in [2.24, 2.45) is 5.21 Å². The predicted molar refractivity (Wildman–Crippen MR) is 44.8 cm³/mol. The van der Waals surface area contributed by atoms with Crippen LogP contribution in [0.15, 0.2) is 29.5 Å². The molecule has 0 heterocycles. The van der Waals surface area contributed by atoms with E-state index in [1.807, 2.05) is 0 Å². The van der Waals surface area contributed by atoms with Crippen LogP contribution >= 0.6 is 11.6 Å². The van der Waals surface area contributed by atoms with Gasteiger partial charge in [-0.15, -0.1) is 0 Å². The molecule has 0 aromatic heterocycles. The molecule has 0 aliphatic rings. The highest BCUT2D eigenvalue weighted by Gasteiger charge is 1.95.